The molecule has 7 heteroatoms. The third-order valence-electron chi connectivity index (χ3n) is 6.62. The van der Waals surface area contributed by atoms with Gasteiger partial charge in [0.15, 0.2) is 12.2 Å². The van der Waals surface area contributed by atoms with E-state index in [1.165, 1.54) is 10.5 Å². The molecular formula is C24H27N5O2. The highest BCUT2D eigenvalue weighted by molar-refractivity contribution is 6.07. The molecule has 0 spiro atoms. The molecule has 0 bridgehead atoms. The molecule has 3 aliphatic heterocycles. The first-order chi connectivity index (χ1) is 15.0. The maximum atomic E-state index is 13.5. The number of guanidine groups is 1. The third kappa shape index (κ3) is 3.07. The average Bonchev–Trinajstić information content (AvgIpc) is 3.36. The van der Waals surface area contributed by atoms with Gasteiger partial charge in [0.05, 0.1) is 6.54 Å². The fourth-order valence-corrected chi connectivity index (χ4v) is 4.70. The van der Waals surface area contributed by atoms with Gasteiger partial charge in [0, 0.05) is 25.8 Å². The summed E-state index contributed by atoms with van der Waals surface area (Å²) in [6, 6.07) is 15.6. The molecule has 2 aromatic carbocycles. The normalized spacial score (nSPS) is 22.7. The molecule has 7 nitrogen and oxygen atoms in total. The topological polar surface area (TPSA) is 59.5 Å². The van der Waals surface area contributed by atoms with Gasteiger partial charge in [-0.05, 0) is 42.2 Å². The molecule has 2 fully saturated rings. The number of carbonyl (C=O) groups excluding carboxylic acids is 2. The summed E-state index contributed by atoms with van der Waals surface area (Å²) in [5, 5.41) is 0. The van der Waals surface area contributed by atoms with Gasteiger partial charge in [0.1, 0.15) is 0 Å². The van der Waals surface area contributed by atoms with Crippen molar-refractivity contribution in [2.24, 2.45) is 4.99 Å². The molecule has 31 heavy (non-hydrogen) atoms. The molecule has 2 unspecified atom stereocenters. The SMILES string of the molecule is CCc1ccc(N2CCN3C2=NC2C3C(=O)N(Cc3ccccc3C)C(=O)N2C)cc1. The molecule has 5 rings (SSSR count). The molecule has 3 amide bonds. The maximum Gasteiger partial charge on any atom is 0.328 e. The van der Waals surface area contributed by atoms with Crippen LogP contribution in [0.5, 0.6) is 0 Å². The summed E-state index contributed by atoms with van der Waals surface area (Å²) in [5.74, 6) is 0.614. The molecule has 2 atom stereocenters. The Hall–Kier alpha value is -3.35. The van der Waals surface area contributed by atoms with E-state index in [2.05, 4.69) is 41.0 Å². The molecule has 3 aliphatic rings. The number of aryl methyl sites for hydroxylation is 2. The van der Waals surface area contributed by atoms with Gasteiger partial charge in [-0.25, -0.2) is 9.79 Å². The van der Waals surface area contributed by atoms with Gasteiger partial charge in [-0.3, -0.25) is 9.69 Å². The van der Waals surface area contributed by atoms with Crippen LogP contribution in [0.4, 0.5) is 10.5 Å². The van der Waals surface area contributed by atoms with Crippen molar-refractivity contribution in [2.75, 3.05) is 25.0 Å². The van der Waals surface area contributed by atoms with Crippen LogP contribution in [0.2, 0.25) is 0 Å². The van der Waals surface area contributed by atoms with E-state index in [9.17, 15) is 9.59 Å². The number of hydrogen-bond donors (Lipinski definition) is 0. The number of carbonyl (C=O) groups is 2. The van der Waals surface area contributed by atoms with Crippen molar-refractivity contribution < 1.29 is 9.59 Å². The summed E-state index contributed by atoms with van der Waals surface area (Å²) in [5.41, 5.74) is 4.40. The van der Waals surface area contributed by atoms with E-state index >= 15 is 0 Å². The summed E-state index contributed by atoms with van der Waals surface area (Å²) in [7, 11) is 1.74. The molecule has 0 aliphatic carbocycles. The van der Waals surface area contributed by atoms with Crippen LogP contribution in [0.1, 0.15) is 23.6 Å². The Morgan fingerprint density at radius 1 is 1.03 bits per heavy atom. The number of rotatable bonds is 4. The van der Waals surface area contributed by atoms with Gasteiger partial charge in [-0.2, -0.15) is 0 Å². The number of urea groups is 1. The van der Waals surface area contributed by atoms with E-state index in [1.54, 1.807) is 11.9 Å². The first-order valence-corrected chi connectivity index (χ1v) is 10.8. The first kappa shape index (κ1) is 19.6. The highest BCUT2D eigenvalue weighted by Gasteiger charge is 2.54. The predicted octanol–water partition coefficient (Wildman–Crippen LogP) is 2.84. The lowest BCUT2D eigenvalue weighted by molar-refractivity contribution is -0.137. The molecule has 2 saturated heterocycles. The minimum absolute atomic E-state index is 0.168. The molecule has 0 radical (unpaired) electrons. The van der Waals surface area contributed by atoms with Gasteiger partial charge >= 0.3 is 6.03 Å². The maximum absolute atomic E-state index is 13.5. The van der Waals surface area contributed by atoms with Gasteiger partial charge < -0.3 is 14.7 Å². The Labute approximate surface area is 182 Å². The number of hydrogen-bond acceptors (Lipinski definition) is 5. The lowest BCUT2D eigenvalue weighted by Gasteiger charge is -2.40. The van der Waals surface area contributed by atoms with Crippen LogP contribution in [0.25, 0.3) is 0 Å². The summed E-state index contributed by atoms with van der Waals surface area (Å²) in [4.78, 5) is 38.6. The minimum atomic E-state index is -0.485. The molecular weight excluding hydrogens is 390 g/mol. The Balaban J connectivity index is 1.43. The van der Waals surface area contributed by atoms with Crippen LogP contribution >= 0.6 is 0 Å². The van der Waals surface area contributed by atoms with E-state index in [0.717, 1.165) is 35.7 Å². The zero-order valence-corrected chi connectivity index (χ0v) is 18.2. The number of anilines is 1. The molecule has 0 saturated carbocycles. The number of nitrogens with zero attached hydrogens (tertiary/aromatic N) is 5. The lowest BCUT2D eigenvalue weighted by Crippen LogP contribution is -2.64. The average molecular weight is 418 g/mol. The largest absolute Gasteiger partial charge is 0.328 e. The van der Waals surface area contributed by atoms with Gasteiger partial charge in [-0.15, -0.1) is 0 Å². The first-order valence-electron chi connectivity index (χ1n) is 10.8. The Morgan fingerprint density at radius 3 is 2.48 bits per heavy atom. The van der Waals surface area contributed by atoms with Gasteiger partial charge in [0.2, 0.25) is 5.96 Å². The van der Waals surface area contributed by atoms with Crippen molar-refractivity contribution in [1.82, 2.24) is 14.7 Å². The standard InChI is InChI=1S/C24H27N5O2/c1-4-17-9-11-19(12-10-17)27-13-14-28-20-21(25-23(27)28)26(3)24(31)29(22(20)30)15-18-8-6-5-7-16(18)2/h5-12,20-21H,4,13-15H2,1-3H3. The second kappa shape index (κ2) is 7.41. The molecule has 3 heterocycles. The van der Waals surface area contributed by atoms with Crippen LogP contribution in [0, 0.1) is 6.92 Å². The summed E-state index contributed by atoms with van der Waals surface area (Å²) < 4.78 is 0. The smallest absolute Gasteiger partial charge is 0.325 e. The second-order valence-corrected chi connectivity index (χ2v) is 8.40. The van der Waals surface area contributed by atoms with Crippen molar-refractivity contribution >= 4 is 23.6 Å². The van der Waals surface area contributed by atoms with Crippen LogP contribution in [0.15, 0.2) is 53.5 Å². The Kier molecular flexibility index (Phi) is 4.68. The highest BCUT2D eigenvalue weighted by atomic mass is 16.2. The number of benzene rings is 2. The van der Waals surface area contributed by atoms with Crippen LogP contribution in [-0.2, 0) is 17.8 Å². The van der Waals surface area contributed by atoms with Crippen LogP contribution in [0.3, 0.4) is 0 Å². The zero-order chi connectivity index (χ0) is 21.7. The molecule has 160 valence electrons. The Morgan fingerprint density at radius 2 is 1.77 bits per heavy atom. The zero-order valence-electron chi connectivity index (χ0n) is 18.2. The molecule has 2 aromatic rings. The summed E-state index contributed by atoms with van der Waals surface area (Å²) in [6.07, 6.45) is 0.510. The quantitative estimate of drug-likeness (QED) is 0.768. The van der Waals surface area contributed by atoms with Crippen molar-refractivity contribution in [3.63, 3.8) is 0 Å². The summed E-state index contributed by atoms with van der Waals surface area (Å²) in [6.45, 7) is 5.90. The third-order valence-corrected chi connectivity index (χ3v) is 6.62. The van der Waals surface area contributed by atoms with Crippen molar-refractivity contribution in [2.45, 2.75) is 39.0 Å². The van der Waals surface area contributed by atoms with E-state index in [4.69, 9.17) is 4.99 Å². The van der Waals surface area contributed by atoms with Crippen LogP contribution < -0.4 is 4.90 Å². The highest BCUT2D eigenvalue weighted by Crippen LogP contribution is 2.34. The fourth-order valence-electron chi connectivity index (χ4n) is 4.70. The predicted molar refractivity (Wildman–Crippen MR) is 120 cm³/mol. The number of aliphatic imine (C=N–C) groups is 1. The molecule has 0 N–H and O–H groups in total. The van der Waals surface area contributed by atoms with E-state index in [1.807, 2.05) is 31.2 Å². The van der Waals surface area contributed by atoms with Crippen molar-refractivity contribution in [1.29, 1.82) is 0 Å². The van der Waals surface area contributed by atoms with E-state index in [0.29, 0.717) is 6.54 Å². The number of fused-ring (bicyclic) bond motifs is 3. The molecule has 0 aromatic heterocycles. The van der Waals surface area contributed by atoms with E-state index in [-0.39, 0.29) is 18.5 Å². The van der Waals surface area contributed by atoms with Crippen LogP contribution in [-0.4, -0.2) is 64.9 Å². The lowest BCUT2D eigenvalue weighted by atomic mass is 10.1. The number of likely N-dealkylation sites (N-methyl/N-ethyl adjacent to an activating group) is 1. The Bertz CT molecular complexity index is 1060. The number of imide groups is 1. The fraction of sp³-hybridized carbons (Fsp3) is 0.375. The monoisotopic (exact) mass is 417 g/mol. The van der Waals surface area contributed by atoms with Crippen molar-refractivity contribution in [3.8, 4) is 0 Å². The van der Waals surface area contributed by atoms with Gasteiger partial charge in [0.25, 0.3) is 5.91 Å². The van der Waals surface area contributed by atoms with E-state index < -0.39 is 12.2 Å². The summed E-state index contributed by atoms with van der Waals surface area (Å²) >= 11 is 0. The van der Waals surface area contributed by atoms with Gasteiger partial charge in [-0.1, -0.05) is 43.3 Å². The minimum Gasteiger partial charge on any atom is -0.325 e. The second-order valence-electron chi connectivity index (χ2n) is 8.40. The number of amides is 3. The van der Waals surface area contributed by atoms with Crippen molar-refractivity contribution in [3.05, 3.63) is 65.2 Å².